The average Bonchev–Trinajstić information content (AvgIpc) is 3.22. The predicted octanol–water partition coefficient (Wildman–Crippen LogP) is 3.96. The summed E-state index contributed by atoms with van der Waals surface area (Å²) in [5, 5.41) is 11.5. The van der Waals surface area contributed by atoms with E-state index in [0.717, 1.165) is 17.1 Å². The molecule has 7 nitrogen and oxygen atoms in total. The number of amides is 2. The second kappa shape index (κ2) is 7.43. The summed E-state index contributed by atoms with van der Waals surface area (Å²) in [6.07, 6.45) is 0. The molecule has 0 saturated heterocycles. The largest absolute Gasteiger partial charge is 0.361 e. The summed E-state index contributed by atoms with van der Waals surface area (Å²) in [6.45, 7) is 6.33. The van der Waals surface area contributed by atoms with Crippen LogP contribution in [0.1, 0.15) is 36.9 Å². The minimum Gasteiger partial charge on any atom is -0.361 e. The lowest BCUT2D eigenvalue weighted by atomic mass is 10.1. The number of urea groups is 1. The Kier molecular flexibility index (Phi) is 5.06. The minimum atomic E-state index is -0.238. The number of rotatable bonds is 5. The highest BCUT2D eigenvalue weighted by Gasteiger charge is 2.17. The van der Waals surface area contributed by atoms with Gasteiger partial charge in [-0.3, -0.25) is 5.32 Å². The number of carbonyl (C=O) groups is 1. The first-order valence-electron chi connectivity index (χ1n) is 8.53. The normalized spacial score (nSPS) is 11.0. The number of benzene rings is 1. The van der Waals surface area contributed by atoms with Gasteiger partial charge in [-0.05, 0) is 25.0 Å². The lowest BCUT2D eigenvalue weighted by molar-refractivity contribution is 0.219. The van der Waals surface area contributed by atoms with Crippen LogP contribution in [0.25, 0.3) is 5.69 Å². The van der Waals surface area contributed by atoms with Gasteiger partial charge in [0.1, 0.15) is 17.3 Å². The number of aromatic nitrogens is 3. The molecule has 136 valence electrons. The predicted molar refractivity (Wildman–Crippen MR) is 99.4 cm³/mol. The van der Waals surface area contributed by atoms with Crippen LogP contribution in [0.15, 0.2) is 47.0 Å². The summed E-state index contributed by atoms with van der Waals surface area (Å²) in [6, 6.07) is 13.2. The van der Waals surface area contributed by atoms with Crippen molar-refractivity contribution in [2.24, 2.45) is 0 Å². The maximum Gasteiger partial charge on any atom is 0.323 e. The van der Waals surface area contributed by atoms with Gasteiger partial charge < -0.3 is 9.42 Å². The molecule has 0 atom stereocenters. The van der Waals surface area contributed by atoms with E-state index in [1.807, 2.05) is 49.4 Å². The van der Waals surface area contributed by atoms with Crippen LogP contribution in [0.3, 0.4) is 0 Å². The zero-order valence-electron chi connectivity index (χ0n) is 15.4. The quantitative estimate of drug-likeness (QED) is 0.753. The van der Waals surface area contributed by atoms with Gasteiger partial charge in [0.15, 0.2) is 0 Å². The van der Waals surface area contributed by atoms with E-state index in [0.29, 0.717) is 18.1 Å². The van der Waals surface area contributed by atoms with Crippen molar-refractivity contribution in [3.63, 3.8) is 0 Å². The summed E-state index contributed by atoms with van der Waals surface area (Å²) < 4.78 is 6.80. The van der Waals surface area contributed by atoms with Gasteiger partial charge >= 0.3 is 6.03 Å². The van der Waals surface area contributed by atoms with Crippen LogP contribution in [0.4, 0.5) is 10.6 Å². The van der Waals surface area contributed by atoms with E-state index in [1.165, 1.54) is 0 Å². The van der Waals surface area contributed by atoms with E-state index in [1.54, 1.807) is 16.6 Å². The molecule has 0 spiro atoms. The Morgan fingerprint density at radius 2 is 2.00 bits per heavy atom. The average molecular weight is 353 g/mol. The van der Waals surface area contributed by atoms with Crippen LogP contribution in [0.5, 0.6) is 0 Å². The summed E-state index contributed by atoms with van der Waals surface area (Å²) in [5.41, 5.74) is 2.52. The second-order valence-corrected chi connectivity index (χ2v) is 6.57. The number of hydrogen-bond donors (Lipinski definition) is 1. The molecule has 26 heavy (non-hydrogen) atoms. The van der Waals surface area contributed by atoms with E-state index in [2.05, 4.69) is 29.4 Å². The Hall–Kier alpha value is -3.09. The molecule has 1 aromatic carbocycles. The maximum atomic E-state index is 12.6. The number of hydrogen-bond acceptors (Lipinski definition) is 4. The zero-order chi connectivity index (χ0) is 18.7. The van der Waals surface area contributed by atoms with Crippen molar-refractivity contribution in [3.05, 3.63) is 59.6 Å². The fourth-order valence-electron chi connectivity index (χ4n) is 2.55. The molecule has 0 bridgehead atoms. The first-order valence-corrected chi connectivity index (χ1v) is 8.53. The molecule has 0 aliphatic carbocycles. The molecule has 1 N–H and O–H groups in total. The molecular formula is C19H23N5O2. The number of carbonyl (C=O) groups excluding carboxylic acids is 1. The SMILES string of the molecule is Cc1cc(CN(C)C(=O)Nc2cc(C(C)C)nn2-c2ccccc2)no1. The van der Waals surface area contributed by atoms with Crippen LogP contribution in [0.2, 0.25) is 0 Å². The summed E-state index contributed by atoms with van der Waals surface area (Å²) in [4.78, 5) is 14.2. The molecule has 0 saturated carbocycles. The highest BCUT2D eigenvalue weighted by molar-refractivity contribution is 5.88. The van der Waals surface area contributed by atoms with Crippen molar-refractivity contribution in [1.29, 1.82) is 0 Å². The summed E-state index contributed by atoms with van der Waals surface area (Å²) >= 11 is 0. The molecule has 0 aliphatic rings. The van der Waals surface area contributed by atoms with E-state index in [4.69, 9.17) is 4.52 Å². The molecule has 2 heterocycles. The van der Waals surface area contributed by atoms with E-state index < -0.39 is 0 Å². The Balaban J connectivity index is 1.80. The van der Waals surface area contributed by atoms with Crippen molar-refractivity contribution < 1.29 is 9.32 Å². The second-order valence-electron chi connectivity index (χ2n) is 6.57. The van der Waals surface area contributed by atoms with E-state index >= 15 is 0 Å². The number of anilines is 1. The van der Waals surface area contributed by atoms with E-state index in [9.17, 15) is 4.79 Å². The molecule has 3 aromatic rings. The van der Waals surface area contributed by atoms with Crippen molar-refractivity contribution >= 4 is 11.8 Å². The molecule has 2 amide bonds. The first-order chi connectivity index (χ1) is 12.4. The third-order valence-corrected chi connectivity index (χ3v) is 3.98. The first kappa shape index (κ1) is 17.7. The third-order valence-electron chi connectivity index (χ3n) is 3.98. The fraction of sp³-hybridized carbons (Fsp3) is 0.316. The van der Waals surface area contributed by atoms with Crippen LogP contribution in [-0.4, -0.2) is 32.9 Å². The fourth-order valence-corrected chi connectivity index (χ4v) is 2.55. The van der Waals surface area contributed by atoms with E-state index in [-0.39, 0.29) is 11.9 Å². The monoisotopic (exact) mass is 353 g/mol. The smallest absolute Gasteiger partial charge is 0.323 e. The molecule has 7 heteroatoms. The standard InChI is InChI=1S/C19H23N5O2/c1-13(2)17-11-18(24(21-17)16-8-6-5-7-9-16)20-19(25)23(4)12-15-10-14(3)26-22-15/h5-11,13H,12H2,1-4H3,(H,20,25). The Bertz CT molecular complexity index is 882. The maximum absolute atomic E-state index is 12.6. The molecule has 0 fully saturated rings. The van der Waals surface area contributed by atoms with Gasteiger partial charge in [-0.15, -0.1) is 0 Å². The van der Waals surface area contributed by atoms with Crippen LogP contribution >= 0.6 is 0 Å². The topological polar surface area (TPSA) is 76.2 Å². The lowest BCUT2D eigenvalue weighted by Crippen LogP contribution is -2.31. The number of aryl methyl sites for hydroxylation is 1. The van der Waals surface area contributed by atoms with Gasteiger partial charge in [-0.2, -0.15) is 5.10 Å². The number of nitrogens with zero attached hydrogens (tertiary/aromatic N) is 4. The Morgan fingerprint density at radius 1 is 1.27 bits per heavy atom. The molecule has 0 aliphatic heterocycles. The Labute approximate surface area is 152 Å². The third kappa shape index (κ3) is 3.93. The summed E-state index contributed by atoms with van der Waals surface area (Å²) in [5.74, 6) is 1.61. The van der Waals surface area contributed by atoms with Crippen molar-refractivity contribution in [3.8, 4) is 5.69 Å². The van der Waals surface area contributed by atoms with Gasteiger partial charge in [-0.1, -0.05) is 37.2 Å². The van der Waals surface area contributed by atoms with Crippen molar-refractivity contribution in [2.75, 3.05) is 12.4 Å². The molecule has 2 aromatic heterocycles. The van der Waals surface area contributed by atoms with Gasteiger partial charge in [-0.25, -0.2) is 9.48 Å². The minimum absolute atomic E-state index is 0.238. The molecular weight excluding hydrogens is 330 g/mol. The van der Waals surface area contributed by atoms with Crippen LogP contribution < -0.4 is 5.32 Å². The number of para-hydroxylation sites is 1. The van der Waals surface area contributed by atoms with Crippen molar-refractivity contribution in [2.45, 2.75) is 33.2 Å². The van der Waals surface area contributed by atoms with Gasteiger partial charge in [0.25, 0.3) is 0 Å². The van der Waals surface area contributed by atoms with Gasteiger partial charge in [0.05, 0.1) is 17.9 Å². The van der Waals surface area contributed by atoms with Crippen LogP contribution in [0, 0.1) is 6.92 Å². The van der Waals surface area contributed by atoms with Gasteiger partial charge in [0, 0.05) is 19.2 Å². The summed E-state index contributed by atoms with van der Waals surface area (Å²) in [7, 11) is 1.71. The van der Waals surface area contributed by atoms with Crippen LogP contribution in [-0.2, 0) is 6.54 Å². The molecule has 0 unspecified atom stereocenters. The highest BCUT2D eigenvalue weighted by Crippen LogP contribution is 2.22. The molecule has 3 rings (SSSR count). The zero-order valence-corrected chi connectivity index (χ0v) is 15.4. The lowest BCUT2D eigenvalue weighted by Gasteiger charge is -2.17. The van der Waals surface area contributed by atoms with Gasteiger partial charge in [0.2, 0.25) is 0 Å². The number of nitrogens with one attached hydrogen (secondary N) is 1. The Morgan fingerprint density at radius 3 is 2.62 bits per heavy atom. The molecule has 0 radical (unpaired) electrons. The highest BCUT2D eigenvalue weighted by atomic mass is 16.5. The van der Waals surface area contributed by atoms with Crippen molar-refractivity contribution in [1.82, 2.24) is 19.8 Å².